The molecule has 2 nitrogen and oxygen atoms in total. The maximum atomic E-state index is 13.9. The summed E-state index contributed by atoms with van der Waals surface area (Å²) in [7, 11) is 0. The van der Waals surface area contributed by atoms with E-state index >= 15 is 0 Å². The summed E-state index contributed by atoms with van der Waals surface area (Å²) in [6.45, 7) is 7.90. The van der Waals surface area contributed by atoms with Gasteiger partial charge in [-0.25, -0.2) is 4.39 Å². The molecule has 0 saturated carbocycles. The van der Waals surface area contributed by atoms with Gasteiger partial charge in [-0.1, -0.05) is 23.7 Å². The predicted molar refractivity (Wildman–Crippen MR) is 73.4 cm³/mol. The lowest BCUT2D eigenvalue weighted by molar-refractivity contribution is 0.221. The van der Waals surface area contributed by atoms with Crippen LogP contribution in [0.1, 0.15) is 25.8 Å². The Morgan fingerprint density at radius 1 is 1.44 bits per heavy atom. The second-order valence-corrected chi connectivity index (χ2v) is 6.00. The van der Waals surface area contributed by atoms with E-state index in [1.54, 1.807) is 6.07 Å². The van der Waals surface area contributed by atoms with E-state index in [2.05, 4.69) is 24.1 Å². The molecule has 0 atom stereocenters. The lowest BCUT2D eigenvalue weighted by atomic mass is 10.1. The number of rotatable bonds is 2. The van der Waals surface area contributed by atoms with Gasteiger partial charge in [-0.05, 0) is 39.4 Å². The molecule has 1 aliphatic rings. The number of nitrogens with one attached hydrogen (secondary N) is 1. The van der Waals surface area contributed by atoms with E-state index in [-0.39, 0.29) is 16.4 Å². The van der Waals surface area contributed by atoms with Crippen LogP contribution in [0.2, 0.25) is 5.02 Å². The van der Waals surface area contributed by atoms with Crippen LogP contribution < -0.4 is 5.32 Å². The van der Waals surface area contributed by atoms with E-state index in [9.17, 15) is 4.39 Å². The maximum absolute atomic E-state index is 13.9. The molecular weight excluding hydrogens is 251 g/mol. The smallest absolute Gasteiger partial charge is 0.146 e. The highest BCUT2D eigenvalue weighted by molar-refractivity contribution is 6.30. The summed E-state index contributed by atoms with van der Waals surface area (Å²) < 4.78 is 13.9. The Kier molecular flexibility index (Phi) is 4.25. The first kappa shape index (κ1) is 13.8. The molecule has 1 heterocycles. The van der Waals surface area contributed by atoms with Crippen molar-refractivity contribution in [2.45, 2.75) is 32.4 Å². The topological polar surface area (TPSA) is 15.3 Å². The summed E-state index contributed by atoms with van der Waals surface area (Å²) >= 11 is 5.81. The average Bonchev–Trinajstić information content (AvgIpc) is 2.46. The summed E-state index contributed by atoms with van der Waals surface area (Å²) in [5.41, 5.74) is 0.756. The molecule has 18 heavy (non-hydrogen) atoms. The van der Waals surface area contributed by atoms with Crippen molar-refractivity contribution in [1.82, 2.24) is 10.2 Å². The molecule has 0 unspecified atom stereocenters. The Morgan fingerprint density at radius 3 is 3.00 bits per heavy atom. The molecule has 1 aromatic rings. The fraction of sp³-hybridized carbons (Fsp3) is 0.571. The van der Waals surface area contributed by atoms with Gasteiger partial charge in [-0.3, -0.25) is 4.90 Å². The van der Waals surface area contributed by atoms with E-state index < -0.39 is 0 Å². The van der Waals surface area contributed by atoms with Gasteiger partial charge in [0.15, 0.2) is 0 Å². The minimum atomic E-state index is -0.283. The van der Waals surface area contributed by atoms with Crippen molar-refractivity contribution in [1.29, 1.82) is 0 Å². The Labute approximate surface area is 113 Å². The maximum Gasteiger partial charge on any atom is 0.146 e. The van der Waals surface area contributed by atoms with Crippen molar-refractivity contribution >= 4 is 11.6 Å². The first-order chi connectivity index (χ1) is 8.48. The SMILES string of the molecule is CC1(C)CN(Cc2cccc(Cl)c2F)CCCN1. The molecule has 4 heteroatoms. The molecule has 1 N–H and O–H groups in total. The van der Waals surface area contributed by atoms with Gasteiger partial charge in [0.05, 0.1) is 5.02 Å². The van der Waals surface area contributed by atoms with Crippen LogP contribution in [0.4, 0.5) is 4.39 Å². The molecule has 0 aliphatic carbocycles. The largest absolute Gasteiger partial charge is 0.310 e. The van der Waals surface area contributed by atoms with Gasteiger partial charge >= 0.3 is 0 Å². The lowest BCUT2D eigenvalue weighted by Crippen LogP contribution is -2.46. The monoisotopic (exact) mass is 270 g/mol. The average molecular weight is 271 g/mol. The van der Waals surface area contributed by atoms with Gasteiger partial charge < -0.3 is 5.32 Å². The zero-order chi connectivity index (χ0) is 13.2. The van der Waals surface area contributed by atoms with Gasteiger partial charge in [0.1, 0.15) is 5.82 Å². The lowest BCUT2D eigenvalue weighted by Gasteiger charge is -2.30. The van der Waals surface area contributed by atoms with Crippen molar-refractivity contribution in [3.05, 3.63) is 34.6 Å². The normalized spacial score (nSPS) is 20.7. The van der Waals surface area contributed by atoms with E-state index in [1.165, 1.54) is 0 Å². The van der Waals surface area contributed by atoms with Gasteiger partial charge in [0, 0.05) is 24.2 Å². The van der Waals surface area contributed by atoms with E-state index in [1.807, 2.05) is 12.1 Å². The second-order valence-electron chi connectivity index (χ2n) is 5.59. The summed E-state index contributed by atoms with van der Waals surface area (Å²) in [6, 6.07) is 5.21. The Balaban J connectivity index is 2.10. The third-order valence-corrected chi connectivity index (χ3v) is 3.59. The first-order valence-corrected chi connectivity index (χ1v) is 6.76. The molecule has 1 aromatic carbocycles. The zero-order valence-corrected chi connectivity index (χ0v) is 11.7. The number of benzene rings is 1. The molecule has 1 aliphatic heterocycles. The zero-order valence-electron chi connectivity index (χ0n) is 11.0. The van der Waals surface area contributed by atoms with Gasteiger partial charge in [0.25, 0.3) is 0 Å². The van der Waals surface area contributed by atoms with Crippen LogP contribution in [0.3, 0.4) is 0 Å². The molecule has 0 bridgehead atoms. The van der Waals surface area contributed by atoms with Crippen molar-refractivity contribution in [3.8, 4) is 0 Å². The van der Waals surface area contributed by atoms with Crippen molar-refractivity contribution in [3.63, 3.8) is 0 Å². The van der Waals surface area contributed by atoms with Gasteiger partial charge in [-0.2, -0.15) is 0 Å². The third-order valence-electron chi connectivity index (χ3n) is 3.30. The quantitative estimate of drug-likeness (QED) is 0.889. The number of hydrogen-bond acceptors (Lipinski definition) is 2. The molecule has 100 valence electrons. The van der Waals surface area contributed by atoms with E-state index in [4.69, 9.17) is 11.6 Å². The van der Waals surface area contributed by atoms with Crippen molar-refractivity contribution in [2.75, 3.05) is 19.6 Å². The second kappa shape index (κ2) is 5.55. The summed E-state index contributed by atoms with van der Waals surface area (Å²) in [5.74, 6) is -0.283. The summed E-state index contributed by atoms with van der Waals surface area (Å²) in [6.07, 6.45) is 1.09. The van der Waals surface area contributed by atoms with Crippen LogP contribution in [0.25, 0.3) is 0 Å². The highest BCUT2D eigenvalue weighted by atomic mass is 35.5. The molecule has 2 rings (SSSR count). The molecule has 0 radical (unpaired) electrons. The van der Waals surface area contributed by atoms with Crippen LogP contribution in [-0.2, 0) is 6.54 Å². The minimum absolute atomic E-state index is 0.0750. The van der Waals surface area contributed by atoms with Gasteiger partial charge in [-0.15, -0.1) is 0 Å². The Morgan fingerprint density at radius 2 is 2.22 bits per heavy atom. The Bertz CT molecular complexity index is 420. The van der Waals surface area contributed by atoms with E-state index in [0.717, 1.165) is 26.1 Å². The van der Waals surface area contributed by atoms with Gasteiger partial charge in [0.2, 0.25) is 0 Å². The Hall–Kier alpha value is -0.640. The molecule has 1 saturated heterocycles. The number of hydrogen-bond donors (Lipinski definition) is 1. The highest BCUT2D eigenvalue weighted by Gasteiger charge is 2.24. The molecule has 1 fully saturated rings. The van der Waals surface area contributed by atoms with Crippen LogP contribution in [0.15, 0.2) is 18.2 Å². The standard InChI is InChI=1S/C14H20ClFN2/c1-14(2)10-18(8-4-7-17-14)9-11-5-3-6-12(15)13(11)16/h3,5-6,17H,4,7-10H2,1-2H3. The number of halogens is 2. The molecule has 0 spiro atoms. The molecule has 0 amide bonds. The van der Waals surface area contributed by atoms with Crippen molar-refractivity contribution in [2.24, 2.45) is 0 Å². The van der Waals surface area contributed by atoms with Crippen molar-refractivity contribution < 1.29 is 4.39 Å². The first-order valence-electron chi connectivity index (χ1n) is 6.38. The summed E-state index contributed by atoms with van der Waals surface area (Å²) in [4.78, 5) is 2.29. The summed E-state index contributed by atoms with van der Waals surface area (Å²) in [5, 5.41) is 3.71. The van der Waals surface area contributed by atoms with Crippen LogP contribution in [-0.4, -0.2) is 30.1 Å². The fourth-order valence-corrected chi connectivity index (χ4v) is 2.66. The van der Waals surface area contributed by atoms with Crippen LogP contribution >= 0.6 is 11.6 Å². The van der Waals surface area contributed by atoms with Crippen LogP contribution in [0, 0.1) is 5.82 Å². The molecular formula is C14H20ClFN2. The fourth-order valence-electron chi connectivity index (χ4n) is 2.47. The van der Waals surface area contributed by atoms with Crippen LogP contribution in [0.5, 0.6) is 0 Å². The predicted octanol–water partition coefficient (Wildman–Crippen LogP) is 3.05. The molecule has 0 aromatic heterocycles. The third kappa shape index (κ3) is 3.44. The highest BCUT2D eigenvalue weighted by Crippen LogP contribution is 2.20. The number of nitrogens with zero attached hydrogens (tertiary/aromatic N) is 1. The van der Waals surface area contributed by atoms with E-state index in [0.29, 0.717) is 12.1 Å². The minimum Gasteiger partial charge on any atom is -0.310 e.